The number of benzene rings is 2. The molecule has 0 saturated carbocycles. The van der Waals surface area contributed by atoms with Crippen LogP contribution < -0.4 is 10.7 Å². The second-order valence-corrected chi connectivity index (χ2v) is 8.53. The van der Waals surface area contributed by atoms with Gasteiger partial charge in [0.1, 0.15) is 5.25 Å². The van der Waals surface area contributed by atoms with Crippen molar-refractivity contribution in [2.45, 2.75) is 43.1 Å². The molecule has 1 amide bonds. The molecule has 8 heteroatoms. The van der Waals surface area contributed by atoms with Gasteiger partial charge in [0.05, 0.1) is 6.04 Å². The lowest BCUT2D eigenvalue weighted by Crippen LogP contribution is -2.41. The number of amides is 1. The Hall–Kier alpha value is -2.51. The molecule has 150 valence electrons. The highest BCUT2D eigenvalue weighted by atomic mass is 35.5. The van der Waals surface area contributed by atoms with E-state index in [0.29, 0.717) is 10.2 Å². The van der Waals surface area contributed by atoms with Gasteiger partial charge < -0.3 is 10.7 Å². The predicted octanol–water partition coefficient (Wildman–Crippen LogP) is 4.59. The molecule has 0 aliphatic carbocycles. The average Bonchev–Trinajstić information content (AvgIpc) is 3.11. The fourth-order valence-corrected chi connectivity index (χ4v) is 4.55. The van der Waals surface area contributed by atoms with Crippen LogP contribution in [0, 0.1) is 6.92 Å². The van der Waals surface area contributed by atoms with Crippen LogP contribution in [0.5, 0.6) is 0 Å². The summed E-state index contributed by atoms with van der Waals surface area (Å²) in [7, 11) is 0. The van der Waals surface area contributed by atoms with Crippen LogP contribution in [0.1, 0.15) is 36.3 Å². The van der Waals surface area contributed by atoms with Crippen molar-refractivity contribution in [2.75, 3.05) is 10.7 Å². The maximum absolute atomic E-state index is 13.3. The number of hydrogen-bond acceptors (Lipinski definition) is 5. The fourth-order valence-electron chi connectivity index (χ4n) is 3.32. The third-order valence-electron chi connectivity index (χ3n) is 4.87. The Morgan fingerprint density at radius 1 is 1.21 bits per heavy atom. The maximum Gasteiger partial charge on any atom is 0.240 e. The molecule has 2 aromatic carbocycles. The van der Waals surface area contributed by atoms with Gasteiger partial charge in [0.2, 0.25) is 11.1 Å². The third kappa shape index (κ3) is 4.11. The van der Waals surface area contributed by atoms with Crippen molar-refractivity contribution in [2.24, 2.45) is 0 Å². The Morgan fingerprint density at radius 2 is 1.97 bits per heavy atom. The van der Waals surface area contributed by atoms with E-state index in [0.717, 1.165) is 35.5 Å². The van der Waals surface area contributed by atoms with Gasteiger partial charge >= 0.3 is 0 Å². The molecule has 4 rings (SSSR count). The first kappa shape index (κ1) is 19.8. The number of nitrogens with zero attached hydrogens (tertiary/aromatic N) is 3. The molecule has 2 heterocycles. The highest BCUT2D eigenvalue weighted by Gasteiger charge is 2.37. The number of thioether (sulfide) groups is 1. The van der Waals surface area contributed by atoms with Gasteiger partial charge in [-0.25, -0.2) is 4.68 Å². The minimum atomic E-state index is -0.415. The average molecular weight is 428 g/mol. The molecule has 0 fully saturated rings. The summed E-state index contributed by atoms with van der Waals surface area (Å²) in [6.07, 6.45) is 1.78. The molecule has 0 unspecified atom stereocenters. The van der Waals surface area contributed by atoms with Crippen LogP contribution in [0.3, 0.4) is 0 Å². The molecule has 6 nitrogen and oxygen atoms in total. The van der Waals surface area contributed by atoms with Crippen LogP contribution in [0.2, 0.25) is 5.02 Å². The summed E-state index contributed by atoms with van der Waals surface area (Å²) in [6.45, 7) is 4.08. The van der Waals surface area contributed by atoms with E-state index in [4.69, 9.17) is 11.6 Å². The summed E-state index contributed by atoms with van der Waals surface area (Å²) >= 11 is 7.50. The van der Waals surface area contributed by atoms with Crippen molar-refractivity contribution in [3.8, 4) is 0 Å². The minimum absolute atomic E-state index is 0.0805. The molecule has 3 aromatic rings. The number of rotatable bonds is 5. The molecule has 0 bridgehead atoms. The molecule has 0 saturated heterocycles. The van der Waals surface area contributed by atoms with E-state index in [9.17, 15) is 4.79 Å². The SMILES string of the molecule is CCCc1nnc2n1N[C@H](c1ccc(Cl)cc1)[C@@H](C(=O)Nc1ccccc1C)S2. The highest BCUT2D eigenvalue weighted by molar-refractivity contribution is 8.00. The number of aromatic nitrogens is 3. The van der Waals surface area contributed by atoms with Gasteiger partial charge in [-0.2, -0.15) is 0 Å². The topological polar surface area (TPSA) is 71.8 Å². The highest BCUT2D eigenvalue weighted by Crippen LogP contribution is 2.38. The maximum atomic E-state index is 13.3. The van der Waals surface area contributed by atoms with Crippen LogP contribution in [0.15, 0.2) is 53.7 Å². The van der Waals surface area contributed by atoms with Crippen molar-refractivity contribution < 1.29 is 4.79 Å². The molecule has 1 aliphatic heterocycles. The number of nitrogens with one attached hydrogen (secondary N) is 2. The van der Waals surface area contributed by atoms with Gasteiger partial charge in [0.15, 0.2) is 5.82 Å². The molecule has 2 atom stereocenters. The number of para-hydroxylation sites is 1. The summed E-state index contributed by atoms with van der Waals surface area (Å²) in [5, 5.41) is 12.6. The molecule has 0 radical (unpaired) electrons. The van der Waals surface area contributed by atoms with Crippen molar-refractivity contribution >= 4 is 35.0 Å². The lowest BCUT2D eigenvalue weighted by molar-refractivity contribution is -0.116. The molecular weight excluding hydrogens is 406 g/mol. The number of anilines is 1. The van der Waals surface area contributed by atoms with Gasteiger partial charge in [-0.15, -0.1) is 10.2 Å². The summed E-state index contributed by atoms with van der Waals surface area (Å²) in [5.74, 6) is 0.787. The second kappa shape index (κ2) is 8.47. The van der Waals surface area contributed by atoms with Crippen molar-refractivity contribution in [1.29, 1.82) is 0 Å². The predicted molar refractivity (Wildman–Crippen MR) is 117 cm³/mol. The number of carbonyl (C=O) groups is 1. The zero-order chi connectivity index (χ0) is 20.4. The molecule has 1 aliphatic rings. The third-order valence-corrected chi connectivity index (χ3v) is 6.33. The largest absolute Gasteiger partial charge is 0.325 e. The molecular formula is C21H22ClN5OS. The molecule has 0 spiro atoms. The number of fused-ring (bicyclic) bond motifs is 1. The number of halogens is 1. The van der Waals surface area contributed by atoms with Crippen molar-refractivity contribution in [3.05, 3.63) is 70.5 Å². The first-order valence-electron chi connectivity index (χ1n) is 9.56. The van der Waals surface area contributed by atoms with Crippen molar-refractivity contribution in [3.63, 3.8) is 0 Å². The van der Waals surface area contributed by atoms with E-state index in [1.54, 1.807) is 0 Å². The van der Waals surface area contributed by atoms with Gasteiger partial charge in [-0.3, -0.25) is 4.79 Å². The van der Waals surface area contributed by atoms with Gasteiger partial charge in [0, 0.05) is 17.1 Å². The summed E-state index contributed by atoms with van der Waals surface area (Å²) in [5.41, 5.74) is 6.28. The summed E-state index contributed by atoms with van der Waals surface area (Å²) in [6, 6.07) is 15.1. The molecule has 29 heavy (non-hydrogen) atoms. The van der Waals surface area contributed by atoms with Crippen LogP contribution in [0.25, 0.3) is 0 Å². The standard InChI is InChI=1S/C21H22ClN5OS/c1-3-6-17-24-25-21-27(17)26-18(14-9-11-15(22)12-10-14)19(29-21)20(28)23-16-8-5-4-7-13(16)2/h4-5,7-12,18-19,26H,3,6H2,1-2H3,(H,23,28)/t18-,19+/m1/s1. The van der Waals surface area contributed by atoms with Crippen LogP contribution in [0.4, 0.5) is 5.69 Å². The number of hydrogen-bond donors (Lipinski definition) is 2. The summed E-state index contributed by atoms with van der Waals surface area (Å²) in [4.78, 5) is 13.3. The van der Waals surface area contributed by atoms with E-state index in [-0.39, 0.29) is 11.9 Å². The lowest BCUT2D eigenvalue weighted by Gasteiger charge is -2.33. The normalized spacial score (nSPS) is 18.0. The number of carbonyl (C=O) groups excluding carboxylic acids is 1. The Kier molecular flexibility index (Phi) is 5.78. The lowest BCUT2D eigenvalue weighted by atomic mass is 10.0. The van der Waals surface area contributed by atoms with Crippen molar-refractivity contribution in [1.82, 2.24) is 14.9 Å². The monoisotopic (exact) mass is 427 g/mol. The minimum Gasteiger partial charge on any atom is -0.325 e. The quantitative estimate of drug-likeness (QED) is 0.623. The fraction of sp³-hybridized carbons (Fsp3) is 0.286. The van der Waals surface area contributed by atoms with Crippen LogP contribution in [-0.4, -0.2) is 26.0 Å². The Bertz CT molecular complexity index is 1020. The molecule has 1 aromatic heterocycles. The smallest absolute Gasteiger partial charge is 0.240 e. The van der Waals surface area contributed by atoms with E-state index in [1.807, 2.05) is 60.1 Å². The second-order valence-electron chi connectivity index (χ2n) is 6.99. The zero-order valence-corrected chi connectivity index (χ0v) is 17.8. The van der Waals surface area contributed by atoms with Gasteiger partial charge in [-0.1, -0.05) is 60.6 Å². The van der Waals surface area contributed by atoms with Crippen LogP contribution in [-0.2, 0) is 11.2 Å². The van der Waals surface area contributed by atoms with E-state index in [1.165, 1.54) is 11.8 Å². The molecule has 2 N–H and O–H groups in total. The Balaban J connectivity index is 1.67. The van der Waals surface area contributed by atoms with Gasteiger partial charge in [0.25, 0.3) is 0 Å². The van der Waals surface area contributed by atoms with E-state index < -0.39 is 5.25 Å². The first-order valence-corrected chi connectivity index (χ1v) is 10.8. The summed E-state index contributed by atoms with van der Waals surface area (Å²) < 4.78 is 1.91. The Morgan fingerprint density at radius 3 is 2.69 bits per heavy atom. The number of aryl methyl sites for hydroxylation is 2. The Labute approximate surface area is 179 Å². The van der Waals surface area contributed by atoms with Crippen LogP contribution >= 0.6 is 23.4 Å². The first-order chi connectivity index (χ1) is 14.1. The zero-order valence-electron chi connectivity index (χ0n) is 16.2. The van der Waals surface area contributed by atoms with E-state index in [2.05, 4.69) is 27.9 Å². The van der Waals surface area contributed by atoms with Gasteiger partial charge in [-0.05, 0) is 42.7 Å². The van der Waals surface area contributed by atoms with E-state index >= 15 is 0 Å².